The topological polar surface area (TPSA) is 79.0 Å². The van der Waals surface area contributed by atoms with Gasteiger partial charge in [0.2, 0.25) is 12.1 Å². The molecule has 4 saturated heterocycles. The minimum Gasteiger partial charge on any atom is -0.431 e. The van der Waals surface area contributed by atoms with Crippen LogP contribution < -0.4 is 0 Å². The minimum absolute atomic E-state index is 0.0470. The Kier molecular flexibility index (Phi) is 4.32. The number of aromatic nitrogens is 1. The Bertz CT molecular complexity index is 987. The van der Waals surface area contributed by atoms with E-state index in [1.807, 2.05) is 37.3 Å². The van der Waals surface area contributed by atoms with E-state index in [0.29, 0.717) is 11.6 Å². The summed E-state index contributed by atoms with van der Waals surface area (Å²) in [7, 11) is 0. The third-order valence-electron chi connectivity index (χ3n) is 8.07. The van der Waals surface area contributed by atoms with Crippen LogP contribution in [0.3, 0.4) is 0 Å². The van der Waals surface area contributed by atoms with E-state index in [1.165, 1.54) is 0 Å². The van der Waals surface area contributed by atoms with Crippen molar-refractivity contribution in [3.05, 3.63) is 36.0 Å². The Labute approximate surface area is 181 Å². The van der Waals surface area contributed by atoms with Gasteiger partial charge in [-0.15, -0.1) is 0 Å². The van der Waals surface area contributed by atoms with Gasteiger partial charge in [0.25, 0.3) is 0 Å². The molecule has 7 rings (SSSR count). The Morgan fingerprint density at radius 1 is 1.13 bits per heavy atom. The second-order valence-corrected chi connectivity index (χ2v) is 9.95. The molecule has 7 heteroatoms. The van der Waals surface area contributed by atoms with Crippen LogP contribution in [0.4, 0.5) is 0 Å². The molecule has 1 saturated carbocycles. The monoisotopic (exact) mass is 427 g/mol. The smallest absolute Gasteiger partial charge is 0.357 e. The molecule has 1 aromatic heterocycles. The van der Waals surface area contributed by atoms with Crippen molar-refractivity contribution in [2.45, 2.75) is 70.4 Å². The number of carbonyl (C=O) groups excluding carboxylic acids is 1. The number of fused-ring (bicyclic) bond motifs is 3. The van der Waals surface area contributed by atoms with Gasteiger partial charge < -0.3 is 19.2 Å². The Hall–Kier alpha value is -1.93. The van der Waals surface area contributed by atoms with Gasteiger partial charge in [0.05, 0.1) is 0 Å². The molecule has 31 heavy (non-hydrogen) atoms. The number of hydrogen-bond acceptors (Lipinski definition) is 6. The van der Waals surface area contributed by atoms with E-state index in [4.69, 9.17) is 24.0 Å². The maximum atomic E-state index is 13.0. The fraction of sp³-hybridized carbons (Fsp3) is 0.625. The number of H-pyrrole nitrogens is 1. The molecule has 1 unspecified atom stereocenters. The highest BCUT2D eigenvalue weighted by molar-refractivity contribution is 5.94. The Balaban J connectivity index is 1.30. The molecule has 2 aromatic rings. The van der Waals surface area contributed by atoms with Gasteiger partial charge in [0.1, 0.15) is 5.69 Å². The van der Waals surface area contributed by atoms with E-state index in [9.17, 15) is 4.79 Å². The molecule has 1 aromatic carbocycles. The minimum atomic E-state index is -0.843. The lowest BCUT2D eigenvalue weighted by molar-refractivity contribution is -0.576. The average molecular weight is 427 g/mol. The first-order valence-corrected chi connectivity index (χ1v) is 11.4. The quantitative estimate of drug-likeness (QED) is 0.560. The zero-order chi connectivity index (χ0) is 21.4. The van der Waals surface area contributed by atoms with Crippen LogP contribution in [0.15, 0.2) is 30.3 Å². The van der Waals surface area contributed by atoms with Crippen LogP contribution in [0, 0.1) is 23.7 Å². The summed E-state index contributed by atoms with van der Waals surface area (Å²) in [6, 6.07) is 9.59. The number of nitrogens with one attached hydrogen (secondary N) is 1. The summed E-state index contributed by atoms with van der Waals surface area (Å²) in [5.41, 5.74) is 0.664. The summed E-state index contributed by atoms with van der Waals surface area (Å²) in [4.78, 5) is 28.1. The number of hydrogen-bond donors (Lipinski definition) is 1. The number of para-hydroxylation sites is 1. The number of carbonyl (C=O) groups is 1. The molecule has 8 atom stereocenters. The molecule has 1 N–H and O–H groups in total. The van der Waals surface area contributed by atoms with E-state index >= 15 is 0 Å². The highest BCUT2D eigenvalue weighted by Gasteiger charge is 2.69. The van der Waals surface area contributed by atoms with Crippen LogP contribution in [-0.2, 0) is 24.0 Å². The van der Waals surface area contributed by atoms with Crippen molar-refractivity contribution in [1.82, 2.24) is 4.98 Å². The van der Waals surface area contributed by atoms with Gasteiger partial charge in [-0.3, -0.25) is 0 Å². The lowest BCUT2D eigenvalue weighted by Gasteiger charge is -2.59. The lowest BCUT2D eigenvalue weighted by atomic mass is 9.58. The maximum Gasteiger partial charge on any atom is 0.357 e. The van der Waals surface area contributed by atoms with Gasteiger partial charge in [-0.2, -0.15) is 0 Å². The summed E-state index contributed by atoms with van der Waals surface area (Å²) in [6.45, 7) is 6.25. The first-order chi connectivity index (χ1) is 14.9. The van der Waals surface area contributed by atoms with Crippen molar-refractivity contribution < 1.29 is 28.8 Å². The van der Waals surface area contributed by atoms with E-state index in [0.717, 1.165) is 36.6 Å². The molecule has 5 fully saturated rings. The lowest BCUT2D eigenvalue weighted by Crippen LogP contribution is -2.70. The molecule has 0 amide bonds. The van der Waals surface area contributed by atoms with Crippen LogP contribution in [0.5, 0.6) is 0 Å². The summed E-state index contributed by atoms with van der Waals surface area (Å²) in [5.74, 6) is -0.415. The van der Waals surface area contributed by atoms with Gasteiger partial charge in [-0.05, 0) is 50.2 Å². The van der Waals surface area contributed by atoms with Gasteiger partial charge >= 0.3 is 5.97 Å². The van der Waals surface area contributed by atoms with E-state index in [-0.39, 0.29) is 17.8 Å². The van der Waals surface area contributed by atoms with Crippen LogP contribution in [0.25, 0.3) is 10.9 Å². The third-order valence-corrected chi connectivity index (χ3v) is 8.07. The van der Waals surface area contributed by atoms with Crippen molar-refractivity contribution in [2.75, 3.05) is 0 Å². The van der Waals surface area contributed by atoms with Crippen molar-refractivity contribution in [3.63, 3.8) is 0 Å². The van der Waals surface area contributed by atoms with E-state index < -0.39 is 29.9 Å². The fourth-order valence-corrected chi connectivity index (χ4v) is 6.36. The summed E-state index contributed by atoms with van der Waals surface area (Å²) in [6.07, 6.45) is 2.47. The molecule has 1 aliphatic carbocycles. The number of aromatic amines is 1. The predicted molar refractivity (Wildman–Crippen MR) is 111 cm³/mol. The normalized spacial score (nSPS) is 44.0. The molecule has 7 nitrogen and oxygen atoms in total. The van der Waals surface area contributed by atoms with Crippen molar-refractivity contribution in [3.8, 4) is 0 Å². The molecule has 5 heterocycles. The van der Waals surface area contributed by atoms with Gasteiger partial charge in [-0.1, -0.05) is 32.0 Å². The molecule has 0 radical (unpaired) electrons. The fourth-order valence-electron chi connectivity index (χ4n) is 6.36. The highest BCUT2D eigenvalue weighted by Crippen LogP contribution is 2.60. The Morgan fingerprint density at radius 2 is 1.97 bits per heavy atom. The van der Waals surface area contributed by atoms with Crippen molar-refractivity contribution in [2.24, 2.45) is 23.7 Å². The zero-order valence-electron chi connectivity index (χ0n) is 18.1. The molecule has 2 bridgehead atoms. The van der Waals surface area contributed by atoms with E-state index in [1.54, 1.807) is 0 Å². The SMILES string of the molecule is C[C@@H]1CC[C@H]2[C@@H](C)C(OC(=O)c3cc4ccccc4[nH]3)O[C@@H]3O[C@@]4(C)CC[C@@H]1[C@]32OO4. The highest BCUT2D eigenvalue weighted by atomic mass is 17.3. The number of benzene rings is 1. The number of ether oxygens (including phenoxy) is 3. The summed E-state index contributed by atoms with van der Waals surface area (Å²) >= 11 is 0. The number of esters is 1. The van der Waals surface area contributed by atoms with Crippen LogP contribution in [-0.4, -0.2) is 34.9 Å². The van der Waals surface area contributed by atoms with Crippen LogP contribution in [0.2, 0.25) is 0 Å². The van der Waals surface area contributed by atoms with Crippen LogP contribution >= 0.6 is 0 Å². The summed E-state index contributed by atoms with van der Waals surface area (Å²) in [5, 5.41) is 0.970. The standard InChI is InChI=1S/C24H29NO6/c1-13-8-9-17-14(2)21(27-20(26)19-12-15-6-4-5-7-18(15)25-19)28-22-24(17)16(13)10-11-23(3,29-22)30-31-24/h4-7,12-14,16-17,21-22,25H,8-11H2,1-3H3/t13-,14-,16+,17+,21?,22-,23-,24-/m1/s1. The zero-order valence-corrected chi connectivity index (χ0v) is 18.1. The molecule has 5 aliphatic rings. The molecule has 166 valence electrons. The van der Waals surface area contributed by atoms with Crippen LogP contribution in [0.1, 0.15) is 56.9 Å². The van der Waals surface area contributed by atoms with Gasteiger partial charge in [0.15, 0.2) is 11.9 Å². The van der Waals surface area contributed by atoms with Crippen molar-refractivity contribution in [1.29, 1.82) is 0 Å². The maximum absolute atomic E-state index is 13.0. The second-order valence-electron chi connectivity index (χ2n) is 9.95. The summed E-state index contributed by atoms with van der Waals surface area (Å²) < 4.78 is 18.6. The van der Waals surface area contributed by atoms with Crippen molar-refractivity contribution >= 4 is 16.9 Å². The first kappa shape index (κ1) is 19.7. The third kappa shape index (κ3) is 2.83. The molecular weight excluding hydrogens is 398 g/mol. The average Bonchev–Trinajstić information content (AvgIpc) is 3.07. The number of rotatable bonds is 2. The Morgan fingerprint density at radius 3 is 2.81 bits per heavy atom. The predicted octanol–water partition coefficient (Wildman–Crippen LogP) is 4.53. The second kappa shape index (κ2) is 6.78. The van der Waals surface area contributed by atoms with Gasteiger partial charge in [-0.25, -0.2) is 14.6 Å². The molecule has 4 aliphatic heterocycles. The molecular formula is C24H29NO6. The van der Waals surface area contributed by atoms with Gasteiger partial charge in [0, 0.05) is 29.2 Å². The van der Waals surface area contributed by atoms with E-state index in [2.05, 4.69) is 18.8 Å². The first-order valence-electron chi connectivity index (χ1n) is 11.4. The molecule has 1 spiro atoms. The largest absolute Gasteiger partial charge is 0.431 e.